The van der Waals surface area contributed by atoms with Crippen molar-refractivity contribution in [3.05, 3.63) is 111 Å². The van der Waals surface area contributed by atoms with E-state index in [0.717, 1.165) is 28.0 Å². The molecule has 6 nitrogen and oxygen atoms in total. The molecule has 5 rings (SSSR count). The van der Waals surface area contributed by atoms with Gasteiger partial charge in [-0.1, -0.05) is 48.5 Å². The van der Waals surface area contributed by atoms with Crippen molar-refractivity contribution < 1.29 is 18.7 Å². The Morgan fingerprint density at radius 1 is 0.974 bits per heavy atom. The van der Waals surface area contributed by atoms with Crippen molar-refractivity contribution in [2.45, 2.75) is 52.9 Å². The van der Waals surface area contributed by atoms with Crippen LogP contribution < -0.4 is 10.2 Å². The molecule has 4 aromatic rings. The lowest BCUT2D eigenvalue weighted by atomic mass is 9.97. The minimum absolute atomic E-state index is 0.112. The van der Waals surface area contributed by atoms with E-state index >= 15 is 0 Å². The van der Waals surface area contributed by atoms with Crippen molar-refractivity contribution >= 4 is 16.9 Å². The minimum atomic E-state index is -0.541. The van der Waals surface area contributed by atoms with Crippen LogP contribution in [-0.4, -0.2) is 30.1 Å². The maximum absolute atomic E-state index is 13.9. The van der Waals surface area contributed by atoms with Crippen LogP contribution in [0.5, 0.6) is 5.75 Å². The number of aryl methyl sites for hydroxylation is 2. The molecular weight excluding hydrogens is 478 g/mol. The summed E-state index contributed by atoms with van der Waals surface area (Å²) in [6.45, 7) is 9.26. The van der Waals surface area contributed by atoms with Crippen LogP contribution in [0.2, 0.25) is 0 Å². The van der Waals surface area contributed by atoms with Crippen molar-refractivity contribution in [1.29, 1.82) is 0 Å². The summed E-state index contributed by atoms with van der Waals surface area (Å²) in [4.78, 5) is 29.2. The van der Waals surface area contributed by atoms with Gasteiger partial charge in [-0.25, -0.2) is 0 Å². The number of carbonyl (C=O) groups excluding carboxylic acids is 1. The van der Waals surface area contributed by atoms with E-state index in [-0.39, 0.29) is 23.2 Å². The van der Waals surface area contributed by atoms with Gasteiger partial charge in [-0.15, -0.1) is 0 Å². The van der Waals surface area contributed by atoms with Gasteiger partial charge in [0.2, 0.25) is 5.76 Å². The van der Waals surface area contributed by atoms with Crippen LogP contribution in [0.25, 0.3) is 11.0 Å². The third-order valence-corrected chi connectivity index (χ3v) is 6.85. The molecule has 0 saturated heterocycles. The summed E-state index contributed by atoms with van der Waals surface area (Å²) in [7, 11) is 0. The molecule has 0 fully saturated rings. The van der Waals surface area contributed by atoms with Gasteiger partial charge in [0.25, 0.3) is 5.91 Å². The first kappa shape index (κ1) is 25.7. The van der Waals surface area contributed by atoms with E-state index in [4.69, 9.17) is 13.9 Å². The van der Waals surface area contributed by atoms with E-state index in [2.05, 4.69) is 0 Å². The Morgan fingerprint density at radius 2 is 1.71 bits per heavy atom. The van der Waals surface area contributed by atoms with E-state index in [0.29, 0.717) is 42.7 Å². The molecule has 6 heteroatoms. The molecule has 0 radical (unpaired) electrons. The quantitative estimate of drug-likeness (QED) is 0.245. The highest BCUT2D eigenvalue weighted by atomic mass is 16.5. The molecule has 0 bridgehead atoms. The Bertz CT molecular complexity index is 1510. The molecule has 3 aromatic carbocycles. The first-order valence-corrected chi connectivity index (χ1v) is 13.1. The van der Waals surface area contributed by atoms with Gasteiger partial charge in [0.05, 0.1) is 23.1 Å². The highest BCUT2D eigenvalue weighted by molar-refractivity contribution is 5.99. The number of carbonyl (C=O) groups is 1. The largest absolute Gasteiger partial charge is 0.489 e. The van der Waals surface area contributed by atoms with E-state index in [1.165, 1.54) is 0 Å². The fraction of sp³-hybridized carbons (Fsp3) is 0.312. The lowest BCUT2D eigenvalue weighted by Crippen LogP contribution is -2.31. The summed E-state index contributed by atoms with van der Waals surface area (Å²) in [5.41, 5.74) is 4.44. The molecule has 1 amide bonds. The van der Waals surface area contributed by atoms with Crippen LogP contribution in [0.15, 0.2) is 75.9 Å². The average Bonchev–Trinajstić information content (AvgIpc) is 3.17. The van der Waals surface area contributed by atoms with Crippen molar-refractivity contribution in [2.24, 2.45) is 0 Å². The maximum atomic E-state index is 13.9. The fourth-order valence-corrected chi connectivity index (χ4v) is 5.13. The van der Waals surface area contributed by atoms with E-state index in [1.54, 1.807) is 4.90 Å². The van der Waals surface area contributed by atoms with Gasteiger partial charge < -0.3 is 18.8 Å². The number of nitrogens with zero attached hydrogens (tertiary/aromatic N) is 1. The summed E-state index contributed by atoms with van der Waals surface area (Å²) in [6.07, 6.45) is 0.763. The van der Waals surface area contributed by atoms with Gasteiger partial charge in [-0.2, -0.15) is 0 Å². The molecule has 1 aliphatic rings. The number of fused-ring (bicyclic) bond motifs is 2. The molecule has 0 spiro atoms. The van der Waals surface area contributed by atoms with Crippen molar-refractivity contribution in [3.63, 3.8) is 0 Å². The van der Waals surface area contributed by atoms with Gasteiger partial charge in [0, 0.05) is 13.2 Å². The molecule has 38 heavy (non-hydrogen) atoms. The Labute approximate surface area is 222 Å². The number of benzene rings is 3. The highest BCUT2D eigenvalue weighted by Gasteiger charge is 2.42. The Hall–Kier alpha value is -3.90. The zero-order valence-corrected chi connectivity index (χ0v) is 22.3. The molecule has 0 N–H and O–H groups in total. The highest BCUT2D eigenvalue weighted by Crippen LogP contribution is 2.39. The first-order chi connectivity index (χ1) is 18.3. The molecule has 196 valence electrons. The number of hydrogen-bond donors (Lipinski definition) is 0. The van der Waals surface area contributed by atoms with Gasteiger partial charge in [0.1, 0.15) is 17.9 Å². The monoisotopic (exact) mass is 511 g/mol. The first-order valence-electron chi connectivity index (χ1n) is 13.1. The number of amides is 1. The van der Waals surface area contributed by atoms with Crippen LogP contribution in [0, 0.1) is 13.8 Å². The van der Waals surface area contributed by atoms with E-state index in [9.17, 15) is 9.59 Å². The molecule has 0 saturated carbocycles. The molecule has 2 heterocycles. The second-order valence-corrected chi connectivity index (χ2v) is 10.1. The van der Waals surface area contributed by atoms with Crippen LogP contribution in [0.4, 0.5) is 0 Å². The molecule has 1 aromatic heterocycles. The second kappa shape index (κ2) is 10.8. The molecule has 1 unspecified atom stereocenters. The van der Waals surface area contributed by atoms with Crippen LogP contribution in [0.3, 0.4) is 0 Å². The summed E-state index contributed by atoms with van der Waals surface area (Å²) in [5, 5.41) is 0.528. The standard InChI is InChI=1S/C32H33NO5/c1-20(2)36-16-8-15-33-29(24-11-13-25(14-12-24)37-19-23-9-6-5-7-10-23)28-30(34)27-22(4)17-21(3)18-26(27)38-31(28)32(33)35/h5-7,9-14,17-18,20,29H,8,15-16,19H2,1-4H3. The predicted octanol–water partition coefficient (Wildman–Crippen LogP) is 6.35. The Balaban J connectivity index is 1.50. The van der Waals surface area contributed by atoms with Crippen LogP contribution >= 0.6 is 0 Å². The number of ether oxygens (including phenoxy) is 2. The lowest BCUT2D eigenvalue weighted by molar-refractivity contribution is 0.0593. The zero-order valence-electron chi connectivity index (χ0n) is 22.3. The molecule has 1 aliphatic heterocycles. The minimum Gasteiger partial charge on any atom is -0.489 e. The maximum Gasteiger partial charge on any atom is 0.290 e. The van der Waals surface area contributed by atoms with Crippen molar-refractivity contribution in [3.8, 4) is 5.75 Å². The van der Waals surface area contributed by atoms with E-state index < -0.39 is 6.04 Å². The molecular formula is C32H33NO5. The van der Waals surface area contributed by atoms with Gasteiger partial charge in [-0.3, -0.25) is 9.59 Å². The van der Waals surface area contributed by atoms with Crippen LogP contribution in [-0.2, 0) is 11.3 Å². The number of rotatable bonds is 9. The average molecular weight is 512 g/mol. The van der Waals surface area contributed by atoms with Gasteiger partial charge in [0.15, 0.2) is 5.43 Å². The summed E-state index contributed by atoms with van der Waals surface area (Å²) in [6, 6.07) is 20.9. The smallest absolute Gasteiger partial charge is 0.290 e. The summed E-state index contributed by atoms with van der Waals surface area (Å²) < 4.78 is 17.8. The molecule has 1 atom stereocenters. The van der Waals surface area contributed by atoms with Crippen molar-refractivity contribution in [1.82, 2.24) is 4.90 Å². The Kier molecular flexibility index (Phi) is 7.34. The fourth-order valence-electron chi connectivity index (χ4n) is 5.13. The zero-order chi connectivity index (χ0) is 26.8. The number of hydrogen-bond acceptors (Lipinski definition) is 5. The van der Waals surface area contributed by atoms with Gasteiger partial charge >= 0.3 is 0 Å². The SMILES string of the molecule is Cc1cc(C)c2c(=O)c3c(oc2c1)C(=O)N(CCCOC(C)C)C3c1ccc(OCc2ccccc2)cc1. The predicted molar refractivity (Wildman–Crippen MR) is 148 cm³/mol. The molecule has 0 aliphatic carbocycles. The van der Waals surface area contributed by atoms with Crippen molar-refractivity contribution in [2.75, 3.05) is 13.2 Å². The second-order valence-electron chi connectivity index (χ2n) is 10.1. The summed E-state index contributed by atoms with van der Waals surface area (Å²) in [5.74, 6) is 0.583. The van der Waals surface area contributed by atoms with E-state index in [1.807, 2.05) is 94.4 Å². The normalized spacial score (nSPS) is 14.9. The lowest BCUT2D eigenvalue weighted by Gasteiger charge is -2.25. The Morgan fingerprint density at radius 3 is 2.42 bits per heavy atom. The van der Waals surface area contributed by atoms with Crippen LogP contribution in [0.1, 0.15) is 64.7 Å². The third kappa shape index (κ3) is 5.09. The topological polar surface area (TPSA) is 69.0 Å². The van der Waals surface area contributed by atoms with Gasteiger partial charge in [-0.05, 0) is 74.6 Å². The third-order valence-electron chi connectivity index (χ3n) is 6.85. The summed E-state index contributed by atoms with van der Waals surface area (Å²) >= 11 is 0.